The van der Waals surface area contributed by atoms with E-state index in [0.717, 1.165) is 24.0 Å². The first-order valence-electron chi connectivity index (χ1n) is 6.83. The average Bonchev–Trinajstić information content (AvgIpc) is 2.53. The predicted molar refractivity (Wildman–Crippen MR) is 80.9 cm³/mol. The molecule has 0 aliphatic rings. The van der Waals surface area contributed by atoms with Gasteiger partial charge in [-0.05, 0) is 24.6 Å². The minimum Gasteiger partial charge on any atom is -0.465 e. The average molecular weight is 341 g/mol. The molecule has 2 aromatic rings. The van der Waals surface area contributed by atoms with Crippen molar-refractivity contribution in [3.8, 4) is 0 Å². The van der Waals surface area contributed by atoms with E-state index >= 15 is 0 Å². The lowest BCUT2D eigenvalue weighted by atomic mass is 10.1. The van der Waals surface area contributed by atoms with E-state index < -0.39 is 23.0 Å². The number of hydrogen-bond donors (Lipinski definition) is 0. The predicted octanol–water partition coefficient (Wildman–Crippen LogP) is 4.50. The van der Waals surface area contributed by atoms with Gasteiger partial charge in [-0.25, -0.2) is 4.98 Å². The summed E-state index contributed by atoms with van der Waals surface area (Å²) in [7, 11) is 0. The van der Waals surface area contributed by atoms with Crippen LogP contribution in [0.25, 0.3) is 0 Å². The van der Waals surface area contributed by atoms with Gasteiger partial charge in [-0.1, -0.05) is 42.1 Å². The first-order chi connectivity index (χ1) is 10.9. The van der Waals surface area contributed by atoms with E-state index in [0.29, 0.717) is 10.6 Å². The third-order valence-electron chi connectivity index (χ3n) is 2.91. The van der Waals surface area contributed by atoms with Crippen LogP contribution in [-0.2, 0) is 15.7 Å². The number of rotatable bonds is 5. The van der Waals surface area contributed by atoms with Crippen molar-refractivity contribution < 1.29 is 22.7 Å². The molecule has 23 heavy (non-hydrogen) atoms. The number of ether oxygens (including phenoxy) is 1. The molecule has 1 unspecified atom stereocenters. The maximum absolute atomic E-state index is 12.6. The van der Waals surface area contributed by atoms with Crippen LogP contribution in [0.4, 0.5) is 13.2 Å². The van der Waals surface area contributed by atoms with Crippen LogP contribution in [-0.4, -0.2) is 17.6 Å². The number of thioether (sulfide) groups is 1. The Morgan fingerprint density at radius 2 is 1.91 bits per heavy atom. The van der Waals surface area contributed by atoms with Gasteiger partial charge in [-0.3, -0.25) is 4.79 Å². The van der Waals surface area contributed by atoms with Crippen LogP contribution < -0.4 is 0 Å². The molecule has 0 fully saturated rings. The minimum absolute atomic E-state index is 0.225. The molecule has 3 nitrogen and oxygen atoms in total. The van der Waals surface area contributed by atoms with Crippen molar-refractivity contribution in [2.24, 2.45) is 0 Å². The van der Waals surface area contributed by atoms with E-state index in [1.807, 2.05) is 6.07 Å². The van der Waals surface area contributed by atoms with Gasteiger partial charge in [0.15, 0.2) is 0 Å². The molecule has 0 amide bonds. The van der Waals surface area contributed by atoms with Crippen molar-refractivity contribution in [1.82, 2.24) is 4.98 Å². The summed E-state index contributed by atoms with van der Waals surface area (Å²) in [4.78, 5) is 15.9. The summed E-state index contributed by atoms with van der Waals surface area (Å²) >= 11 is 1.06. The smallest absolute Gasteiger partial charge is 0.417 e. The Hall–Kier alpha value is -2.02. The van der Waals surface area contributed by atoms with Crippen molar-refractivity contribution in [1.29, 1.82) is 0 Å². The molecule has 0 spiro atoms. The van der Waals surface area contributed by atoms with Crippen LogP contribution in [0.2, 0.25) is 0 Å². The largest absolute Gasteiger partial charge is 0.465 e. The number of alkyl halides is 3. The summed E-state index contributed by atoms with van der Waals surface area (Å²) in [6, 6.07) is 11.1. The number of carbonyl (C=O) groups is 1. The van der Waals surface area contributed by atoms with Gasteiger partial charge in [-0.15, -0.1) is 0 Å². The molecule has 1 heterocycles. The van der Waals surface area contributed by atoms with Crippen molar-refractivity contribution in [3.05, 3.63) is 59.8 Å². The third kappa shape index (κ3) is 4.72. The molecule has 0 aliphatic heterocycles. The van der Waals surface area contributed by atoms with Gasteiger partial charge in [0, 0.05) is 6.20 Å². The van der Waals surface area contributed by atoms with Crippen LogP contribution in [0.5, 0.6) is 0 Å². The number of aromatic nitrogens is 1. The Bertz CT molecular complexity index is 645. The number of hydrogen-bond acceptors (Lipinski definition) is 4. The standard InChI is InChI=1S/C16H14F3NO2S/c1-2-22-15(21)14(11-6-4-3-5-7-11)23-13-9-8-12(10-20-13)16(17,18)19/h3-10,14H,2H2,1H3. The summed E-state index contributed by atoms with van der Waals surface area (Å²) in [5.74, 6) is -0.453. The Labute approximate surface area is 135 Å². The lowest BCUT2D eigenvalue weighted by Gasteiger charge is -2.15. The fourth-order valence-corrected chi connectivity index (χ4v) is 2.80. The lowest BCUT2D eigenvalue weighted by Crippen LogP contribution is -2.13. The van der Waals surface area contributed by atoms with Gasteiger partial charge in [0.05, 0.1) is 17.2 Å². The molecule has 0 saturated heterocycles. The van der Waals surface area contributed by atoms with Crippen LogP contribution >= 0.6 is 11.8 Å². The molecular weight excluding hydrogens is 327 g/mol. The first-order valence-corrected chi connectivity index (χ1v) is 7.71. The monoisotopic (exact) mass is 341 g/mol. The molecule has 0 N–H and O–H groups in total. The van der Waals surface area contributed by atoms with E-state index in [1.54, 1.807) is 31.2 Å². The van der Waals surface area contributed by atoms with Crippen LogP contribution in [0.1, 0.15) is 23.3 Å². The Kier molecular flexibility index (Phi) is 5.65. The Morgan fingerprint density at radius 1 is 1.22 bits per heavy atom. The molecule has 0 aliphatic carbocycles. The van der Waals surface area contributed by atoms with Gasteiger partial charge in [0.25, 0.3) is 0 Å². The molecule has 1 aromatic heterocycles. The number of esters is 1. The topological polar surface area (TPSA) is 39.2 Å². The molecule has 0 bridgehead atoms. The Morgan fingerprint density at radius 3 is 2.43 bits per heavy atom. The van der Waals surface area contributed by atoms with Crippen molar-refractivity contribution in [2.45, 2.75) is 23.4 Å². The quantitative estimate of drug-likeness (QED) is 0.593. The van der Waals surface area contributed by atoms with Crippen molar-refractivity contribution in [3.63, 3.8) is 0 Å². The van der Waals surface area contributed by atoms with E-state index in [2.05, 4.69) is 4.98 Å². The molecule has 0 saturated carbocycles. The number of halogens is 3. The van der Waals surface area contributed by atoms with Gasteiger partial charge in [0.2, 0.25) is 0 Å². The molecule has 2 rings (SSSR count). The molecule has 0 radical (unpaired) electrons. The zero-order valence-electron chi connectivity index (χ0n) is 12.2. The zero-order chi connectivity index (χ0) is 16.9. The minimum atomic E-state index is -4.43. The zero-order valence-corrected chi connectivity index (χ0v) is 13.0. The summed E-state index contributed by atoms with van der Waals surface area (Å²) in [6.07, 6.45) is -3.67. The van der Waals surface area contributed by atoms with Gasteiger partial charge in [0.1, 0.15) is 5.25 Å². The summed E-state index contributed by atoms with van der Waals surface area (Å²) in [6.45, 7) is 1.92. The van der Waals surface area contributed by atoms with Crippen LogP contribution in [0.3, 0.4) is 0 Å². The molecule has 1 aromatic carbocycles. The normalized spacial score (nSPS) is 12.7. The van der Waals surface area contributed by atoms with E-state index in [9.17, 15) is 18.0 Å². The molecular formula is C16H14F3NO2S. The lowest BCUT2D eigenvalue weighted by molar-refractivity contribution is -0.142. The SMILES string of the molecule is CCOC(=O)C(Sc1ccc(C(F)(F)F)cn1)c1ccccc1. The van der Waals surface area contributed by atoms with E-state index in [1.165, 1.54) is 6.07 Å². The van der Waals surface area contributed by atoms with Gasteiger partial charge < -0.3 is 4.74 Å². The maximum atomic E-state index is 12.6. The highest BCUT2D eigenvalue weighted by molar-refractivity contribution is 8.00. The van der Waals surface area contributed by atoms with Crippen LogP contribution in [0, 0.1) is 0 Å². The number of carbonyl (C=O) groups excluding carboxylic acids is 1. The van der Waals surface area contributed by atoms with E-state index in [4.69, 9.17) is 4.74 Å². The van der Waals surface area contributed by atoms with Crippen molar-refractivity contribution >= 4 is 17.7 Å². The summed E-state index contributed by atoms with van der Waals surface area (Å²) in [5.41, 5.74) is -0.119. The van der Waals surface area contributed by atoms with E-state index in [-0.39, 0.29) is 6.61 Å². The fourth-order valence-electron chi connectivity index (χ4n) is 1.84. The second-order valence-corrected chi connectivity index (χ2v) is 5.67. The summed E-state index contributed by atoms with van der Waals surface area (Å²) in [5, 5.41) is -0.361. The highest BCUT2D eigenvalue weighted by Gasteiger charge is 2.31. The first kappa shape index (κ1) is 17.3. The molecule has 1 atom stereocenters. The van der Waals surface area contributed by atoms with Crippen LogP contribution in [0.15, 0.2) is 53.7 Å². The maximum Gasteiger partial charge on any atom is 0.417 e. The fraction of sp³-hybridized carbons (Fsp3) is 0.250. The molecule has 7 heteroatoms. The van der Waals surface area contributed by atoms with Gasteiger partial charge >= 0.3 is 12.1 Å². The third-order valence-corrected chi connectivity index (χ3v) is 4.09. The highest BCUT2D eigenvalue weighted by Crippen LogP contribution is 2.36. The highest BCUT2D eigenvalue weighted by atomic mass is 32.2. The molecule has 122 valence electrons. The Balaban J connectivity index is 2.22. The van der Waals surface area contributed by atoms with Gasteiger partial charge in [-0.2, -0.15) is 13.2 Å². The van der Waals surface area contributed by atoms with Crippen molar-refractivity contribution in [2.75, 3.05) is 6.61 Å². The second kappa shape index (κ2) is 7.50. The number of pyridine rings is 1. The summed E-state index contributed by atoms with van der Waals surface area (Å²) < 4.78 is 42.7. The number of nitrogens with zero attached hydrogens (tertiary/aromatic N) is 1. The number of benzene rings is 1. The second-order valence-electron chi connectivity index (χ2n) is 4.54.